The first kappa shape index (κ1) is 11.2. The highest BCUT2D eigenvalue weighted by Crippen LogP contribution is 2.22. The molecule has 1 aliphatic heterocycles. The van der Waals surface area contributed by atoms with Gasteiger partial charge in [0.1, 0.15) is 0 Å². The van der Waals surface area contributed by atoms with Crippen LogP contribution in [0.5, 0.6) is 0 Å². The summed E-state index contributed by atoms with van der Waals surface area (Å²) in [5.41, 5.74) is 2.06. The van der Waals surface area contributed by atoms with E-state index in [1.165, 1.54) is 0 Å². The third-order valence-electron chi connectivity index (χ3n) is 2.30. The maximum absolute atomic E-state index is 5.41. The standard InChI is InChI=1S/C13H15NO2/c1-14-8-2-3-11-4-6-12(7-5-11)13-15-9-10-16-13/h4-7,13-14H,8-10H2,1H3. The molecule has 3 heteroatoms. The summed E-state index contributed by atoms with van der Waals surface area (Å²) >= 11 is 0. The van der Waals surface area contributed by atoms with E-state index in [0.717, 1.165) is 11.1 Å². The average Bonchev–Trinajstić information content (AvgIpc) is 2.84. The maximum atomic E-state index is 5.41. The predicted octanol–water partition coefficient (Wildman–Crippen LogP) is 1.30. The number of hydrogen-bond acceptors (Lipinski definition) is 3. The summed E-state index contributed by atoms with van der Waals surface area (Å²) in [6.07, 6.45) is -0.195. The van der Waals surface area contributed by atoms with Gasteiger partial charge in [0.25, 0.3) is 0 Å². The van der Waals surface area contributed by atoms with E-state index in [9.17, 15) is 0 Å². The van der Waals surface area contributed by atoms with Crippen LogP contribution in [0.1, 0.15) is 17.4 Å². The number of benzene rings is 1. The molecule has 16 heavy (non-hydrogen) atoms. The second-order valence-electron chi connectivity index (χ2n) is 3.53. The van der Waals surface area contributed by atoms with Crippen molar-refractivity contribution in [2.24, 2.45) is 0 Å². The Morgan fingerprint density at radius 1 is 1.25 bits per heavy atom. The second-order valence-corrected chi connectivity index (χ2v) is 3.53. The van der Waals surface area contributed by atoms with Crippen LogP contribution >= 0.6 is 0 Å². The molecule has 3 nitrogen and oxygen atoms in total. The van der Waals surface area contributed by atoms with Crippen LogP contribution in [-0.2, 0) is 9.47 Å². The zero-order chi connectivity index (χ0) is 11.2. The molecule has 0 saturated carbocycles. The van der Waals surface area contributed by atoms with Crippen molar-refractivity contribution in [2.45, 2.75) is 6.29 Å². The summed E-state index contributed by atoms with van der Waals surface area (Å²) in [7, 11) is 1.88. The molecule has 2 rings (SSSR count). The smallest absolute Gasteiger partial charge is 0.184 e. The fourth-order valence-electron chi connectivity index (χ4n) is 1.51. The van der Waals surface area contributed by atoms with Gasteiger partial charge in [0.15, 0.2) is 6.29 Å². The van der Waals surface area contributed by atoms with E-state index in [4.69, 9.17) is 9.47 Å². The van der Waals surface area contributed by atoms with E-state index in [1.807, 2.05) is 31.3 Å². The third kappa shape index (κ3) is 2.83. The van der Waals surface area contributed by atoms with Gasteiger partial charge < -0.3 is 14.8 Å². The molecule has 0 radical (unpaired) electrons. The van der Waals surface area contributed by atoms with Gasteiger partial charge in [-0.05, 0) is 19.2 Å². The molecule has 84 valence electrons. The van der Waals surface area contributed by atoms with Crippen LogP contribution in [0.3, 0.4) is 0 Å². The first-order valence-electron chi connectivity index (χ1n) is 5.37. The average molecular weight is 217 g/mol. The molecule has 0 bridgehead atoms. The van der Waals surface area contributed by atoms with Crippen LogP contribution in [0, 0.1) is 11.8 Å². The Morgan fingerprint density at radius 3 is 2.56 bits per heavy atom. The number of hydrogen-bond donors (Lipinski definition) is 1. The Labute approximate surface area is 95.8 Å². The molecule has 1 aliphatic rings. The second kappa shape index (κ2) is 5.66. The van der Waals surface area contributed by atoms with Crippen LogP contribution in [0.4, 0.5) is 0 Å². The summed E-state index contributed by atoms with van der Waals surface area (Å²) in [4.78, 5) is 0. The number of ether oxygens (including phenoxy) is 2. The lowest BCUT2D eigenvalue weighted by atomic mass is 10.1. The first-order chi connectivity index (χ1) is 7.90. The Hall–Kier alpha value is -1.34. The summed E-state index contributed by atoms with van der Waals surface area (Å²) in [5.74, 6) is 6.09. The van der Waals surface area contributed by atoms with Gasteiger partial charge in [-0.3, -0.25) is 0 Å². The zero-order valence-electron chi connectivity index (χ0n) is 9.32. The molecular formula is C13H15NO2. The molecular weight excluding hydrogens is 202 g/mol. The molecule has 1 fully saturated rings. The topological polar surface area (TPSA) is 30.5 Å². The van der Waals surface area contributed by atoms with Gasteiger partial charge in [0.05, 0.1) is 19.8 Å². The normalized spacial score (nSPS) is 15.8. The van der Waals surface area contributed by atoms with Gasteiger partial charge in [-0.2, -0.15) is 0 Å². The fraction of sp³-hybridized carbons (Fsp3) is 0.385. The summed E-state index contributed by atoms with van der Waals surface area (Å²) in [6.45, 7) is 2.05. The molecule has 0 spiro atoms. The molecule has 0 aliphatic carbocycles. The number of rotatable bonds is 2. The van der Waals surface area contributed by atoms with Crippen molar-refractivity contribution in [2.75, 3.05) is 26.8 Å². The van der Waals surface area contributed by atoms with Crippen LogP contribution in [0.25, 0.3) is 0 Å². The van der Waals surface area contributed by atoms with Crippen molar-refractivity contribution in [1.82, 2.24) is 5.32 Å². The van der Waals surface area contributed by atoms with E-state index < -0.39 is 0 Å². The summed E-state index contributed by atoms with van der Waals surface area (Å²) < 4.78 is 10.8. The Morgan fingerprint density at radius 2 is 1.94 bits per heavy atom. The molecule has 1 aromatic carbocycles. The van der Waals surface area contributed by atoms with Crippen LogP contribution in [-0.4, -0.2) is 26.8 Å². The highest BCUT2D eigenvalue weighted by Gasteiger charge is 2.17. The summed E-state index contributed by atoms with van der Waals surface area (Å²) in [5, 5.41) is 2.98. The Kier molecular flexibility index (Phi) is 3.95. The minimum absolute atomic E-state index is 0.195. The molecule has 0 amide bonds. The third-order valence-corrected chi connectivity index (χ3v) is 2.30. The Balaban J connectivity index is 2.02. The molecule has 0 aromatic heterocycles. The summed E-state index contributed by atoms with van der Waals surface area (Å²) in [6, 6.07) is 7.98. The van der Waals surface area contributed by atoms with Gasteiger partial charge in [-0.1, -0.05) is 24.0 Å². The molecule has 1 saturated heterocycles. The number of nitrogens with one attached hydrogen (secondary N) is 1. The van der Waals surface area contributed by atoms with Gasteiger partial charge in [0.2, 0.25) is 0 Å². The molecule has 1 heterocycles. The van der Waals surface area contributed by atoms with Crippen LogP contribution < -0.4 is 5.32 Å². The molecule has 0 unspecified atom stereocenters. The zero-order valence-corrected chi connectivity index (χ0v) is 9.32. The fourth-order valence-corrected chi connectivity index (χ4v) is 1.51. The lowest BCUT2D eigenvalue weighted by molar-refractivity contribution is -0.0441. The molecule has 1 aromatic rings. The van der Waals surface area contributed by atoms with Crippen molar-refractivity contribution < 1.29 is 9.47 Å². The van der Waals surface area contributed by atoms with Crippen LogP contribution in [0.15, 0.2) is 24.3 Å². The predicted molar refractivity (Wildman–Crippen MR) is 61.9 cm³/mol. The van der Waals surface area contributed by atoms with E-state index in [1.54, 1.807) is 0 Å². The minimum Gasteiger partial charge on any atom is -0.346 e. The van der Waals surface area contributed by atoms with E-state index >= 15 is 0 Å². The van der Waals surface area contributed by atoms with Crippen molar-refractivity contribution in [3.63, 3.8) is 0 Å². The van der Waals surface area contributed by atoms with Gasteiger partial charge in [-0.25, -0.2) is 0 Å². The van der Waals surface area contributed by atoms with Crippen LogP contribution in [0.2, 0.25) is 0 Å². The highest BCUT2D eigenvalue weighted by atomic mass is 16.7. The highest BCUT2D eigenvalue weighted by molar-refractivity contribution is 5.36. The first-order valence-corrected chi connectivity index (χ1v) is 5.37. The van der Waals surface area contributed by atoms with Gasteiger partial charge in [0, 0.05) is 11.1 Å². The van der Waals surface area contributed by atoms with E-state index in [2.05, 4.69) is 17.2 Å². The SMILES string of the molecule is CNCC#Cc1ccc(C2OCCO2)cc1. The van der Waals surface area contributed by atoms with Crippen molar-refractivity contribution in [3.05, 3.63) is 35.4 Å². The monoisotopic (exact) mass is 217 g/mol. The largest absolute Gasteiger partial charge is 0.346 e. The van der Waals surface area contributed by atoms with Crippen molar-refractivity contribution in [1.29, 1.82) is 0 Å². The maximum Gasteiger partial charge on any atom is 0.184 e. The Bertz CT molecular complexity index is 383. The van der Waals surface area contributed by atoms with Gasteiger partial charge >= 0.3 is 0 Å². The minimum atomic E-state index is -0.195. The van der Waals surface area contributed by atoms with E-state index in [-0.39, 0.29) is 6.29 Å². The van der Waals surface area contributed by atoms with Crippen molar-refractivity contribution >= 4 is 0 Å². The molecule has 1 N–H and O–H groups in total. The van der Waals surface area contributed by atoms with Gasteiger partial charge in [-0.15, -0.1) is 0 Å². The lowest BCUT2D eigenvalue weighted by Gasteiger charge is -2.08. The molecule has 0 atom stereocenters. The van der Waals surface area contributed by atoms with E-state index in [0.29, 0.717) is 19.8 Å². The van der Waals surface area contributed by atoms with Crippen molar-refractivity contribution in [3.8, 4) is 11.8 Å². The lowest BCUT2D eigenvalue weighted by Crippen LogP contribution is -2.04. The quantitative estimate of drug-likeness (QED) is 0.757.